The van der Waals surface area contributed by atoms with Crippen molar-refractivity contribution in [2.45, 2.75) is 56.0 Å². The number of benzene rings is 9. The summed E-state index contributed by atoms with van der Waals surface area (Å²) in [6.45, 7) is 0.803. The molecule has 88 heavy (non-hydrogen) atoms. The summed E-state index contributed by atoms with van der Waals surface area (Å²) in [6, 6.07) is 26.0. The highest BCUT2D eigenvalue weighted by molar-refractivity contribution is 7.20. The average molecular weight is 1260 g/mol. The summed E-state index contributed by atoms with van der Waals surface area (Å²) < 4.78 is 343. The van der Waals surface area contributed by atoms with Gasteiger partial charge in [0, 0.05) is 5.56 Å². The Morgan fingerprint density at radius 2 is 0.614 bits per heavy atom. The molecule has 0 amide bonds. The lowest BCUT2D eigenvalue weighted by Gasteiger charge is -2.46. The normalized spacial score (nSPS) is 13.3. The van der Waals surface area contributed by atoms with Crippen LogP contribution < -0.4 is 26.4 Å². The maximum atomic E-state index is 14.2. The van der Waals surface area contributed by atoms with Crippen molar-refractivity contribution in [1.82, 2.24) is 4.98 Å². The van der Waals surface area contributed by atoms with Crippen molar-refractivity contribution in [1.29, 1.82) is 0 Å². The molecule has 10 rings (SSSR count). The van der Waals surface area contributed by atoms with Gasteiger partial charge in [0.15, 0.2) is 12.7 Å². The molecule has 0 aliphatic heterocycles. The van der Waals surface area contributed by atoms with E-state index in [1.165, 1.54) is 43.4 Å². The van der Waals surface area contributed by atoms with Gasteiger partial charge in [-0.25, -0.2) is 0 Å². The number of aromatic nitrogens is 2. The van der Waals surface area contributed by atoms with E-state index in [0.29, 0.717) is 0 Å². The van der Waals surface area contributed by atoms with Gasteiger partial charge in [-0.2, -0.15) is 132 Å². The van der Waals surface area contributed by atoms with E-state index in [1.807, 2.05) is 12.4 Å². The van der Waals surface area contributed by atoms with E-state index < -0.39 is 195 Å². The fourth-order valence-corrected chi connectivity index (χ4v) is 10.6. The first kappa shape index (κ1) is 63.7. The van der Waals surface area contributed by atoms with Crippen LogP contribution in [0.5, 0.6) is 0 Å². The minimum absolute atomic E-state index is 0.691. The zero-order valence-corrected chi connectivity index (χ0v) is 43.6. The second kappa shape index (κ2) is 22.4. The highest BCUT2D eigenvalue weighted by Gasteiger charge is 2.47. The number of hydrogen-bond acceptors (Lipinski definition) is 1. The molecule has 10 aromatic rings. The van der Waals surface area contributed by atoms with Gasteiger partial charge in [-0.1, -0.05) is 127 Å². The van der Waals surface area contributed by atoms with Gasteiger partial charge in [0.05, 0.1) is 62.5 Å². The summed E-state index contributed by atoms with van der Waals surface area (Å²) in [4.78, 5) is 4.52. The van der Waals surface area contributed by atoms with Crippen LogP contribution in [0.15, 0.2) is 188 Å². The molecule has 9 aromatic carbocycles. The molecule has 0 aliphatic rings. The highest BCUT2D eigenvalue weighted by atomic mass is 19.4. The van der Waals surface area contributed by atoms with Crippen molar-refractivity contribution in [3.63, 3.8) is 0 Å². The van der Waals surface area contributed by atoms with Gasteiger partial charge < -0.3 is 0 Å². The Balaban J connectivity index is 0.000000246. The summed E-state index contributed by atoms with van der Waals surface area (Å²) in [7, 11) is 0. The Labute approximate surface area is 479 Å². The maximum absolute atomic E-state index is 14.2. The molecule has 458 valence electrons. The minimum atomic E-state index is -6.13. The van der Waals surface area contributed by atoms with Crippen LogP contribution >= 0.6 is 0 Å². The van der Waals surface area contributed by atoms with E-state index in [1.54, 1.807) is 0 Å². The highest BCUT2D eigenvalue weighted by Crippen LogP contribution is 2.43. The predicted molar refractivity (Wildman–Crippen MR) is 278 cm³/mol. The Bertz CT molecular complexity index is 3810. The minimum Gasteiger partial charge on any atom is -0.252 e. The summed E-state index contributed by atoms with van der Waals surface area (Å²) in [5, 5.41) is 7.52. The number of fused-ring (bicyclic) bond motifs is 3. The monoisotopic (exact) mass is 1260 g/mol. The molecule has 0 radical (unpaired) electrons. The van der Waals surface area contributed by atoms with Gasteiger partial charge in [0.25, 0.3) is 0 Å². The fraction of sp³-hybridized carbons (Fsp3) is 0.148. The molecule has 0 fully saturated rings. The molecular weight excluding hydrogens is 1230 g/mol. The second-order valence-corrected chi connectivity index (χ2v) is 20.2. The SMILES string of the molecule is FC(F)(F)c1cc([B-](c2cc(C(F)(F)F)cc(C(F)(F)F)c2)(c2cc(C(F)(F)F)cc(C(F)(F)F)c2)c2cc(C(F)(F)F)cc(C(F)(F)F)c2)cc(C(F)(F)F)c1.c1ccc(C[n+]2ccncc2-c2c3ccccc3cc3cc4ccccc4cc23)cc1. The number of hydrogen-bond donors (Lipinski definition) is 0. The summed E-state index contributed by atoms with van der Waals surface area (Å²) in [6.07, 6.45) is -48.9. The van der Waals surface area contributed by atoms with E-state index in [0.717, 1.165) is 12.2 Å². The molecule has 0 aliphatic carbocycles. The molecule has 0 atom stereocenters. The van der Waals surface area contributed by atoms with Gasteiger partial charge in [0.1, 0.15) is 6.15 Å². The zero-order valence-electron chi connectivity index (χ0n) is 43.6. The molecule has 2 nitrogen and oxygen atoms in total. The van der Waals surface area contributed by atoms with Crippen molar-refractivity contribution in [3.05, 3.63) is 239 Å². The number of rotatable bonds is 7. The Morgan fingerprint density at radius 3 is 0.966 bits per heavy atom. The van der Waals surface area contributed by atoms with Gasteiger partial charge >= 0.3 is 49.4 Å². The molecule has 0 saturated heterocycles. The van der Waals surface area contributed by atoms with Crippen molar-refractivity contribution in [2.24, 2.45) is 0 Å². The third-order valence-electron chi connectivity index (χ3n) is 14.5. The molecule has 0 spiro atoms. The Morgan fingerprint density at radius 1 is 0.307 bits per heavy atom. The van der Waals surface area contributed by atoms with Gasteiger partial charge in [-0.05, 0) is 74.8 Å². The van der Waals surface area contributed by atoms with Crippen molar-refractivity contribution < 1.29 is 110 Å². The Kier molecular flexibility index (Phi) is 16.2. The van der Waals surface area contributed by atoms with Crippen molar-refractivity contribution >= 4 is 60.3 Å². The maximum Gasteiger partial charge on any atom is 0.416 e. The first-order valence-corrected chi connectivity index (χ1v) is 25.2. The lowest BCUT2D eigenvalue weighted by molar-refractivity contribution is -0.677. The molecule has 1 heterocycles. The van der Waals surface area contributed by atoms with Crippen LogP contribution in [0, 0.1) is 0 Å². The molecule has 0 saturated carbocycles. The first-order chi connectivity index (χ1) is 40.6. The summed E-state index contributed by atoms with van der Waals surface area (Å²) >= 11 is 0. The largest absolute Gasteiger partial charge is 0.416 e. The van der Waals surface area contributed by atoms with Gasteiger partial charge in [0.2, 0.25) is 5.69 Å². The van der Waals surface area contributed by atoms with E-state index >= 15 is 0 Å². The first-order valence-electron chi connectivity index (χ1n) is 25.2. The number of alkyl halides is 24. The van der Waals surface area contributed by atoms with Crippen LogP contribution in [-0.4, -0.2) is 11.1 Å². The molecule has 0 bridgehead atoms. The van der Waals surface area contributed by atoms with Crippen molar-refractivity contribution in [3.8, 4) is 11.3 Å². The van der Waals surface area contributed by atoms with E-state index in [-0.39, 0.29) is 0 Å². The van der Waals surface area contributed by atoms with E-state index in [4.69, 9.17) is 0 Å². The zero-order chi connectivity index (χ0) is 64.5. The van der Waals surface area contributed by atoms with Crippen LogP contribution in [0.3, 0.4) is 0 Å². The molecule has 0 N–H and O–H groups in total. The lowest BCUT2D eigenvalue weighted by atomic mass is 9.12. The third kappa shape index (κ3) is 13.2. The molecular formula is C61H33BF24N2. The smallest absolute Gasteiger partial charge is 0.252 e. The molecule has 0 unspecified atom stereocenters. The van der Waals surface area contributed by atoms with Crippen molar-refractivity contribution in [2.75, 3.05) is 0 Å². The summed E-state index contributed by atoms with van der Waals surface area (Å²) in [5.74, 6) is 0. The predicted octanol–water partition coefficient (Wildman–Crippen LogP) is 17.8. The number of halogens is 24. The molecule has 27 heteroatoms. The van der Waals surface area contributed by atoms with Gasteiger partial charge in [-0.3, -0.25) is 4.98 Å². The van der Waals surface area contributed by atoms with Gasteiger partial charge in [-0.15, -0.1) is 0 Å². The Hall–Kier alpha value is -8.78. The quantitative estimate of drug-likeness (QED) is 0.0673. The average Bonchev–Trinajstić information content (AvgIpc) is 0.725. The van der Waals surface area contributed by atoms with Crippen LogP contribution in [0.1, 0.15) is 50.1 Å². The van der Waals surface area contributed by atoms with Crippen LogP contribution in [-0.2, 0) is 56.0 Å². The van der Waals surface area contributed by atoms with Crippen LogP contribution in [0.2, 0.25) is 0 Å². The standard InChI is InChI=1S/C32H12BF24.C29H21N2/c34-25(35,36)13-1-14(26(37,38)39)6-21(5-13)33(22-7-15(27(40,41)42)2-16(8-22)28(43,44)45,23-9-17(29(46,47)48)3-18(10-23)30(49,50)51)24-11-19(31(52,53)54)4-20(12-24)32(55,56)57;1-2-8-21(9-3-1)20-31-15-14-30-19-28(31)29-26-13-7-6-12-24(26)17-25-16-22-10-4-5-11-23(22)18-27(25)29/h1-12H;1-19H,20H2/q-1;+1. The van der Waals surface area contributed by atoms with Crippen LogP contribution in [0.25, 0.3) is 43.6 Å². The third-order valence-corrected chi connectivity index (χ3v) is 14.5. The molecule has 1 aromatic heterocycles. The number of nitrogens with zero attached hydrogens (tertiary/aromatic N) is 2. The van der Waals surface area contributed by atoms with E-state index in [9.17, 15) is 105 Å². The van der Waals surface area contributed by atoms with Crippen LogP contribution in [0.4, 0.5) is 105 Å². The second-order valence-electron chi connectivity index (χ2n) is 20.2. The lowest BCUT2D eigenvalue weighted by Crippen LogP contribution is -2.75. The fourth-order valence-electron chi connectivity index (χ4n) is 10.6. The topological polar surface area (TPSA) is 16.8 Å². The van der Waals surface area contributed by atoms with E-state index in [2.05, 4.69) is 113 Å². The summed E-state index contributed by atoms with van der Waals surface area (Å²) in [5.41, 5.74) is -26.6.